The topological polar surface area (TPSA) is 44.9 Å². The average Bonchev–Trinajstić information content (AvgIpc) is 2.14. The molecular formula is C11H22N4. The maximum atomic E-state index is 5.82. The fourth-order valence-electron chi connectivity index (χ4n) is 0.938. The highest BCUT2D eigenvalue weighted by molar-refractivity contribution is 5.78. The minimum absolute atomic E-state index is 0.535. The van der Waals surface area contributed by atoms with Gasteiger partial charge in [0.15, 0.2) is 5.96 Å². The van der Waals surface area contributed by atoms with Crippen LogP contribution in [0.1, 0.15) is 6.92 Å². The van der Waals surface area contributed by atoms with Gasteiger partial charge in [0.25, 0.3) is 0 Å². The van der Waals surface area contributed by atoms with Crippen LogP contribution < -0.4 is 5.73 Å². The summed E-state index contributed by atoms with van der Waals surface area (Å²) >= 11 is 0. The highest BCUT2D eigenvalue weighted by Crippen LogP contribution is 1.96. The van der Waals surface area contributed by atoms with Crippen molar-refractivity contribution in [2.45, 2.75) is 6.92 Å². The standard InChI is InChI=1S/C11H22N4/c1-6-7-10(2)13-11(12)15(5)9-8-14(3)4/h6-7H,1,8-9H2,2-5H3,(H2,12,13)/b10-7-. The first-order valence-corrected chi connectivity index (χ1v) is 4.96. The number of hydrogen-bond acceptors (Lipinski definition) is 2. The fraction of sp³-hybridized carbons (Fsp3) is 0.545. The van der Waals surface area contributed by atoms with Gasteiger partial charge in [0.1, 0.15) is 0 Å². The Morgan fingerprint density at radius 1 is 1.33 bits per heavy atom. The van der Waals surface area contributed by atoms with Crippen LogP contribution in [0.5, 0.6) is 0 Å². The van der Waals surface area contributed by atoms with Crippen molar-refractivity contribution in [2.75, 3.05) is 34.2 Å². The number of hydrogen-bond donors (Lipinski definition) is 1. The van der Waals surface area contributed by atoms with Gasteiger partial charge in [-0.25, -0.2) is 4.99 Å². The number of likely N-dealkylation sites (N-methyl/N-ethyl adjacent to an activating group) is 2. The zero-order valence-corrected chi connectivity index (χ0v) is 10.2. The van der Waals surface area contributed by atoms with Crippen molar-refractivity contribution >= 4 is 5.96 Å². The average molecular weight is 210 g/mol. The molecule has 0 radical (unpaired) electrons. The number of nitrogens with two attached hydrogens (primary N) is 1. The summed E-state index contributed by atoms with van der Waals surface area (Å²) in [7, 11) is 6.00. The Balaban J connectivity index is 4.24. The van der Waals surface area contributed by atoms with E-state index in [9.17, 15) is 0 Å². The van der Waals surface area contributed by atoms with Gasteiger partial charge in [0.05, 0.1) is 0 Å². The maximum Gasteiger partial charge on any atom is 0.195 e. The lowest BCUT2D eigenvalue weighted by atomic mass is 10.4. The summed E-state index contributed by atoms with van der Waals surface area (Å²) in [5.74, 6) is 0.535. The van der Waals surface area contributed by atoms with Crippen molar-refractivity contribution in [3.63, 3.8) is 0 Å². The summed E-state index contributed by atoms with van der Waals surface area (Å²) in [5, 5.41) is 0. The second kappa shape index (κ2) is 7.06. The molecular weight excluding hydrogens is 188 g/mol. The van der Waals surface area contributed by atoms with E-state index >= 15 is 0 Å². The molecule has 0 aliphatic heterocycles. The van der Waals surface area contributed by atoms with Crippen molar-refractivity contribution < 1.29 is 0 Å². The molecule has 0 atom stereocenters. The lowest BCUT2D eigenvalue weighted by Crippen LogP contribution is -2.38. The van der Waals surface area contributed by atoms with Gasteiger partial charge in [0.2, 0.25) is 0 Å². The Hall–Kier alpha value is -1.29. The molecule has 0 aromatic carbocycles. The monoisotopic (exact) mass is 210 g/mol. The van der Waals surface area contributed by atoms with Crippen LogP contribution in [-0.2, 0) is 0 Å². The van der Waals surface area contributed by atoms with Crippen LogP contribution in [0.25, 0.3) is 0 Å². The maximum absolute atomic E-state index is 5.82. The molecule has 86 valence electrons. The Bertz CT molecular complexity index is 253. The third-order valence-corrected chi connectivity index (χ3v) is 1.92. The van der Waals surface area contributed by atoms with Crippen molar-refractivity contribution in [2.24, 2.45) is 10.7 Å². The molecule has 4 nitrogen and oxygen atoms in total. The van der Waals surface area contributed by atoms with Crippen LogP contribution in [-0.4, -0.2) is 50.0 Å². The molecule has 0 aromatic rings. The van der Waals surface area contributed by atoms with Crippen LogP contribution in [0.3, 0.4) is 0 Å². The second-order valence-electron chi connectivity index (χ2n) is 3.74. The Morgan fingerprint density at radius 3 is 2.40 bits per heavy atom. The molecule has 4 heteroatoms. The molecule has 0 saturated carbocycles. The highest BCUT2D eigenvalue weighted by Gasteiger charge is 2.01. The minimum atomic E-state index is 0.535. The van der Waals surface area contributed by atoms with E-state index < -0.39 is 0 Å². The summed E-state index contributed by atoms with van der Waals surface area (Å²) in [6.45, 7) is 7.32. The van der Waals surface area contributed by atoms with Crippen LogP contribution in [0, 0.1) is 0 Å². The second-order valence-corrected chi connectivity index (χ2v) is 3.74. The largest absolute Gasteiger partial charge is 0.370 e. The van der Waals surface area contributed by atoms with Gasteiger partial charge in [-0.05, 0) is 27.1 Å². The highest BCUT2D eigenvalue weighted by atomic mass is 15.2. The molecule has 0 aliphatic carbocycles. The van der Waals surface area contributed by atoms with Crippen LogP contribution in [0.15, 0.2) is 29.4 Å². The first kappa shape index (κ1) is 13.7. The van der Waals surface area contributed by atoms with E-state index in [1.165, 1.54) is 0 Å². The van der Waals surface area contributed by atoms with Gasteiger partial charge in [-0.15, -0.1) is 0 Å². The van der Waals surface area contributed by atoms with E-state index in [4.69, 9.17) is 5.73 Å². The Labute approximate surface area is 92.8 Å². The first-order chi connectivity index (χ1) is 6.97. The van der Waals surface area contributed by atoms with Crippen LogP contribution in [0.2, 0.25) is 0 Å². The number of allylic oxidation sites excluding steroid dienone is 3. The third kappa shape index (κ3) is 6.74. The fourth-order valence-corrected chi connectivity index (χ4v) is 0.938. The number of rotatable bonds is 5. The first-order valence-electron chi connectivity index (χ1n) is 4.96. The molecule has 2 N–H and O–H groups in total. The van der Waals surface area contributed by atoms with Gasteiger partial charge < -0.3 is 15.5 Å². The molecule has 0 aromatic heterocycles. The van der Waals surface area contributed by atoms with Crippen molar-refractivity contribution in [3.05, 3.63) is 24.4 Å². The SMILES string of the molecule is C=C/C=C(/C)N=C(N)N(C)CCN(C)C. The van der Waals surface area contributed by atoms with E-state index in [1.807, 2.05) is 39.0 Å². The quantitative estimate of drug-likeness (QED) is 0.416. The van der Waals surface area contributed by atoms with E-state index in [0.29, 0.717) is 5.96 Å². The summed E-state index contributed by atoms with van der Waals surface area (Å²) < 4.78 is 0. The van der Waals surface area contributed by atoms with Crippen LogP contribution in [0.4, 0.5) is 0 Å². The number of nitrogens with zero attached hydrogens (tertiary/aromatic N) is 3. The van der Waals surface area contributed by atoms with E-state index in [1.54, 1.807) is 6.08 Å². The lowest BCUT2D eigenvalue weighted by molar-refractivity contribution is 0.355. The van der Waals surface area contributed by atoms with Gasteiger partial charge in [0, 0.05) is 25.8 Å². The molecule has 0 unspecified atom stereocenters. The molecule has 0 fully saturated rings. The van der Waals surface area contributed by atoms with Crippen molar-refractivity contribution in [3.8, 4) is 0 Å². The normalized spacial score (nSPS) is 13.1. The summed E-state index contributed by atoms with van der Waals surface area (Å²) in [6.07, 6.45) is 3.53. The molecule has 0 aliphatic rings. The molecule has 0 heterocycles. The molecule has 0 spiro atoms. The van der Waals surface area contributed by atoms with Gasteiger partial charge in [-0.2, -0.15) is 0 Å². The molecule has 15 heavy (non-hydrogen) atoms. The molecule has 0 bridgehead atoms. The Morgan fingerprint density at radius 2 is 1.93 bits per heavy atom. The van der Waals surface area contributed by atoms with Gasteiger partial charge in [-0.3, -0.25) is 0 Å². The minimum Gasteiger partial charge on any atom is -0.370 e. The Kier molecular flexibility index (Phi) is 6.45. The predicted molar refractivity (Wildman–Crippen MR) is 66.8 cm³/mol. The lowest BCUT2D eigenvalue weighted by Gasteiger charge is -2.20. The number of aliphatic imine (C=N–C) groups is 1. The smallest absolute Gasteiger partial charge is 0.195 e. The molecule has 0 rings (SSSR count). The predicted octanol–water partition coefficient (Wildman–Crippen LogP) is 0.884. The summed E-state index contributed by atoms with van der Waals surface area (Å²) in [4.78, 5) is 8.27. The van der Waals surface area contributed by atoms with E-state index in [-0.39, 0.29) is 0 Å². The summed E-state index contributed by atoms with van der Waals surface area (Å²) in [5.41, 5.74) is 6.68. The van der Waals surface area contributed by atoms with Gasteiger partial charge in [-0.1, -0.05) is 12.7 Å². The third-order valence-electron chi connectivity index (χ3n) is 1.92. The molecule has 0 amide bonds. The van der Waals surface area contributed by atoms with Crippen molar-refractivity contribution in [1.82, 2.24) is 9.80 Å². The zero-order valence-electron chi connectivity index (χ0n) is 10.2. The summed E-state index contributed by atoms with van der Waals surface area (Å²) in [6, 6.07) is 0. The number of guanidine groups is 1. The molecule has 0 saturated heterocycles. The van der Waals surface area contributed by atoms with E-state index in [2.05, 4.69) is 16.5 Å². The van der Waals surface area contributed by atoms with E-state index in [0.717, 1.165) is 18.8 Å². The van der Waals surface area contributed by atoms with Gasteiger partial charge >= 0.3 is 0 Å². The zero-order chi connectivity index (χ0) is 11.8. The van der Waals surface area contributed by atoms with Crippen LogP contribution >= 0.6 is 0 Å². The van der Waals surface area contributed by atoms with Crippen molar-refractivity contribution in [1.29, 1.82) is 0 Å².